The molecule has 4 bridgehead atoms. The summed E-state index contributed by atoms with van der Waals surface area (Å²) in [5.41, 5.74) is 0.709. The molecular weight excluding hydrogens is 564 g/mol. The fourth-order valence-corrected chi connectivity index (χ4v) is 6.17. The summed E-state index contributed by atoms with van der Waals surface area (Å²) in [6.07, 6.45) is 5.97. The average molecular weight is 605 g/mol. The van der Waals surface area contributed by atoms with Crippen LogP contribution in [-0.4, -0.2) is 76.5 Å². The molecule has 3 amide bonds. The summed E-state index contributed by atoms with van der Waals surface area (Å²) in [5, 5.41) is 6.19. The molecule has 2 aromatic rings. The third kappa shape index (κ3) is 6.00. The van der Waals surface area contributed by atoms with Crippen molar-refractivity contribution in [1.82, 2.24) is 20.1 Å². The molecule has 5 rings (SSSR count). The quantitative estimate of drug-likeness (QED) is 0.404. The molecule has 1 saturated heterocycles. The van der Waals surface area contributed by atoms with Gasteiger partial charge in [0, 0.05) is 36.7 Å². The Labute approximate surface area is 256 Å². The van der Waals surface area contributed by atoms with Crippen LogP contribution in [-0.2, 0) is 30.9 Å². The minimum Gasteiger partial charge on any atom is -0.456 e. The van der Waals surface area contributed by atoms with Gasteiger partial charge in [0.05, 0.1) is 13.2 Å². The zero-order valence-corrected chi connectivity index (χ0v) is 25.7. The van der Waals surface area contributed by atoms with Crippen molar-refractivity contribution in [1.29, 1.82) is 0 Å². The van der Waals surface area contributed by atoms with Gasteiger partial charge in [0.1, 0.15) is 29.9 Å². The number of esters is 1. The fraction of sp³-hybridized carbons (Fsp3) is 0.485. The minimum atomic E-state index is -1.13. The van der Waals surface area contributed by atoms with E-state index in [0.717, 1.165) is 29.3 Å². The molecule has 234 valence electrons. The van der Waals surface area contributed by atoms with Gasteiger partial charge in [0.2, 0.25) is 11.8 Å². The van der Waals surface area contributed by atoms with E-state index in [-0.39, 0.29) is 43.1 Å². The predicted octanol–water partition coefficient (Wildman–Crippen LogP) is 3.51. The van der Waals surface area contributed by atoms with E-state index < -0.39 is 48.1 Å². The van der Waals surface area contributed by atoms with Gasteiger partial charge in [-0.3, -0.25) is 14.4 Å². The number of Topliss-reactive ketones (excluding diaryl/α,β-unsaturated/α-hetero) is 1. The molecular formula is C33H40N4O7. The zero-order chi connectivity index (χ0) is 31.8. The number of aromatic nitrogens is 1. The summed E-state index contributed by atoms with van der Waals surface area (Å²) in [6.45, 7) is 9.09. The lowest BCUT2D eigenvalue weighted by molar-refractivity contribution is -0.144. The summed E-state index contributed by atoms with van der Waals surface area (Å²) in [6, 6.07) is 6.61. The predicted molar refractivity (Wildman–Crippen MR) is 163 cm³/mol. The van der Waals surface area contributed by atoms with Crippen LogP contribution in [0.25, 0.3) is 17.0 Å². The summed E-state index contributed by atoms with van der Waals surface area (Å²) >= 11 is 0. The molecule has 3 aliphatic rings. The Morgan fingerprint density at radius 1 is 1.18 bits per heavy atom. The molecule has 11 heteroatoms. The first-order valence-electron chi connectivity index (χ1n) is 15.0. The Hall–Kier alpha value is -4.41. The number of hydrogen-bond donors (Lipinski definition) is 2. The molecule has 0 radical (unpaired) electrons. The molecule has 0 spiro atoms. The molecule has 1 aromatic carbocycles. The number of fused-ring (bicyclic) bond motifs is 3. The third-order valence-corrected chi connectivity index (χ3v) is 9.15. The lowest BCUT2D eigenvalue weighted by Crippen LogP contribution is -2.66. The summed E-state index contributed by atoms with van der Waals surface area (Å²) < 4.78 is 13.1. The lowest BCUT2D eigenvalue weighted by atomic mass is 9.66. The van der Waals surface area contributed by atoms with E-state index in [1.165, 1.54) is 4.90 Å². The van der Waals surface area contributed by atoms with Gasteiger partial charge in [-0.15, -0.1) is 6.58 Å². The Morgan fingerprint density at radius 2 is 1.95 bits per heavy atom. The first kappa shape index (κ1) is 31.0. The van der Waals surface area contributed by atoms with E-state index in [2.05, 4.69) is 23.3 Å². The van der Waals surface area contributed by atoms with Gasteiger partial charge in [-0.25, -0.2) is 9.59 Å². The van der Waals surface area contributed by atoms with Crippen LogP contribution in [0.4, 0.5) is 4.79 Å². The van der Waals surface area contributed by atoms with Crippen LogP contribution in [0.3, 0.4) is 0 Å². The maximum atomic E-state index is 13.6. The van der Waals surface area contributed by atoms with Crippen molar-refractivity contribution in [2.75, 3.05) is 19.7 Å². The normalized spacial score (nSPS) is 28.5. The van der Waals surface area contributed by atoms with Gasteiger partial charge in [0.15, 0.2) is 5.78 Å². The maximum Gasteiger partial charge on any atom is 0.407 e. The molecule has 2 fully saturated rings. The second-order valence-electron chi connectivity index (χ2n) is 12.9. The molecule has 3 heterocycles. The monoisotopic (exact) mass is 604 g/mol. The summed E-state index contributed by atoms with van der Waals surface area (Å²) in [7, 11) is 1.79. The number of carbonyl (C=O) groups excluding carboxylic acids is 5. The summed E-state index contributed by atoms with van der Waals surface area (Å²) in [4.78, 5) is 66.6. The third-order valence-electron chi connectivity index (χ3n) is 9.15. The van der Waals surface area contributed by atoms with Crippen LogP contribution in [0.2, 0.25) is 0 Å². The minimum absolute atomic E-state index is 0.0307. The van der Waals surface area contributed by atoms with Gasteiger partial charge in [0.25, 0.3) is 0 Å². The van der Waals surface area contributed by atoms with Crippen molar-refractivity contribution in [3.8, 4) is 0 Å². The molecule has 1 aromatic heterocycles. The Balaban J connectivity index is 1.44. The molecule has 2 aliphatic heterocycles. The van der Waals surface area contributed by atoms with Crippen LogP contribution in [0.5, 0.6) is 0 Å². The van der Waals surface area contributed by atoms with E-state index in [1.807, 2.05) is 38.1 Å². The highest BCUT2D eigenvalue weighted by Crippen LogP contribution is 2.36. The molecule has 1 aliphatic carbocycles. The number of benzene rings is 1. The Morgan fingerprint density at radius 3 is 2.68 bits per heavy atom. The number of aryl methyl sites for hydroxylation is 1. The van der Waals surface area contributed by atoms with Crippen LogP contribution in [0.1, 0.15) is 62.5 Å². The first-order valence-corrected chi connectivity index (χ1v) is 15.0. The van der Waals surface area contributed by atoms with E-state index >= 15 is 0 Å². The van der Waals surface area contributed by atoms with Crippen LogP contribution >= 0.6 is 0 Å². The van der Waals surface area contributed by atoms with Gasteiger partial charge < -0.3 is 29.6 Å². The smallest absolute Gasteiger partial charge is 0.407 e. The fourth-order valence-electron chi connectivity index (χ4n) is 6.17. The van der Waals surface area contributed by atoms with Crippen molar-refractivity contribution in [2.45, 2.75) is 64.1 Å². The van der Waals surface area contributed by atoms with Crippen LogP contribution < -0.4 is 10.6 Å². The van der Waals surface area contributed by atoms with E-state index in [1.54, 1.807) is 30.7 Å². The van der Waals surface area contributed by atoms with Crippen molar-refractivity contribution in [3.63, 3.8) is 0 Å². The van der Waals surface area contributed by atoms with E-state index in [4.69, 9.17) is 9.47 Å². The number of ether oxygens (including phenoxy) is 2. The number of carbonyl (C=O) groups is 5. The molecule has 44 heavy (non-hydrogen) atoms. The number of allylic oxidation sites excluding steroid dienone is 1. The van der Waals surface area contributed by atoms with Crippen LogP contribution in [0.15, 0.2) is 43.0 Å². The van der Waals surface area contributed by atoms with Crippen LogP contribution in [0, 0.1) is 11.3 Å². The Bertz CT molecular complexity index is 1560. The highest BCUT2D eigenvalue weighted by Gasteiger charge is 2.52. The topological polar surface area (TPSA) is 136 Å². The number of nitrogens with one attached hydrogen (secondary N) is 2. The Kier molecular flexibility index (Phi) is 8.42. The van der Waals surface area contributed by atoms with E-state index in [0.29, 0.717) is 5.69 Å². The van der Waals surface area contributed by atoms with Crippen molar-refractivity contribution in [2.24, 2.45) is 18.4 Å². The number of cyclic esters (lactones) is 1. The maximum absolute atomic E-state index is 13.6. The molecule has 4 atom stereocenters. The molecule has 11 nitrogen and oxygen atoms in total. The summed E-state index contributed by atoms with van der Waals surface area (Å²) in [5.74, 6) is -2.03. The molecule has 2 N–H and O–H groups in total. The zero-order valence-electron chi connectivity index (χ0n) is 25.7. The second-order valence-corrected chi connectivity index (χ2v) is 12.9. The molecule has 0 unspecified atom stereocenters. The lowest BCUT2D eigenvalue weighted by Gasteiger charge is -2.45. The van der Waals surface area contributed by atoms with Crippen molar-refractivity contribution >= 4 is 46.6 Å². The van der Waals surface area contributed by atoms with Gasteiger partial charge in [-0.2, -0.15) is 0 Å². The number of alkyl carbamates (subject to hydrolysis) is 1. The largest absolute Gasteiger partial charge is 0.456 e. The van der Waals surface area contributed by atoms with Gasteiger partial charge in [-0.05, 0) is 42.9 Å². The average Bonchev–Trinajstić information content (AvgIpc) is 3.57. The number of ketones is 1. The van der Waals surface area contributed by atoms with E-state index in [9.17, 15) is 24.0 Å². The van der Waals surface area contributed by atoms with Gasteiger partial charge in [-0.1, -0.05) is 44.2 Å². The highest BCUT2D eigenvalue weighted by molar-refractivity contribution is 6.01. The number of nitrogens with zero attached hydrogens (tertiary/aromatic N) is 2. The van der Waals surface area contributed by atoms with Crippen molar-refractivity contribution < 1.29 is 33.4 Å². The van der Waals surface area contributed by atoms with Crippen molar-refractivity contribution in [3.05, 3.63) is 54.3 Å². The first-order chi connectivity index (χ1) is 20.8. The second kappa shape index (κ2) is 11.9. The standard InChI is InChI=1S/C33H40N4O7/c1-6-21-14-27(38)33(21,4)35-29(40)25-15-22-18-37(25)28(39)17-34-31(42)43-19-32(2,3)13-8-7-10-20-11-9-12-24-23(20)16-26(36(24)5)30(41)44-22/h6-7,9-12,16,21-22,25H,1,8,13-15,17-19H2,2-5H3,(H,34,42)(H,35,40)/b10-7+/t21-,22-,25+,33-/m1/s1. The number of amides is 3. The molecule has 1 saturated carbocycles. The van der Waals surface area contributed by atoms with Gasteiger partial charge >= 0.3 is 12.1 Å². The highest BCUT2D eigenvalue weighted by atomic mass is 16.6. The SMILES string of the molecule is C=C[C@@H]1CC(=O)[C@]1(C)NC(=O)[C@@H]1C[C@@H]2CN1C(=O)CNC(=O)OCC(C)(C)CC/C=C/c1cccc3c1cc(n3C)C(=O)O2. The number of hydrogen-bond acceptors (Lipinski definition) is 7. The number of rotatable bonds is 3.